The Morgan fingerprint density at radius 1 is 1.41 bits per heavy atom. The molecule has 0 spiro atoms. The van der Waals surface area contributed by atoms with Crippen molar-refractivity contribution in [1.29, 1.82) is 0 Å². The van der Waals surface area contributed by atoms with Crippen LogP contribution >= 0.6 is 35.3 Å². The minimum Gasteiger partial charge on any atom is -0.350 e. The summed E-state index contributed by atoms with van der Waals surface area (Å²) in [5, 5.41) is 13.7. The van der Waals surface area contributed by atoms with E-state index in [4.69, 9.17) is 0 Å². The SMILES string of the molecule is CC(C)c1nnc(CNC2=NCCN2C)s1.I. The van der Waals surface area contributed by atoms with E-state index in [2.05, 4.69) is 39.3 Å². The first-order chi connectivity index (χ1) is 7.66. The Balaban J connectivity index is 0.00000144. The van der Waals surface area contributed by atoms with Gasteiger partial charge in [0.1, 0.15) is 10.0 Å². The van der Waals surface area contributed by atoms with Crippen molar-refractivity contribution in [3.05, 3.63) is 10.0 Å². The van der Waals surface area contributed by atoms with Gasteiger partial charge in [-0.3, -0.25) is 4.99 Å². The molecule has 1 aliphatic heterocycles. The lowest BCUT2D eigenvalue weighted by Crippen LogP contribution is -2.35. The smallest absolute Gasteiger partial charge is 0.194 e. The standard InChI is InChI=1S/C10H17N5S.HI/c1-7(2)9-14-13-8(16-9)6-12-10-11-4-5-15(10)3;/h7H,4-6H2,1-3H3,(H,11,12);1H. The summed E-state index contributed by atoms with van der Waals surface area (Å²) in [6.45, 7) is 6.86. The fourth-order valence-electron chi connectivity index (χ4n) is 1.45. The van der Waals surface area contributed by atoms with Crippen LogP contribution in [0.25, 0.3) is 0 Å². The Morgan fingerprint density at radius 3 is 2.71 bits per heavy atom. The fourth-order valence-corrected chi connectivity index (χ4v) is 2.23. The van der Waals surface area contributed by atoms with E-state index in [-0.39, 0.29) is 24.0 Å². The van der Waals surface area contributed by atoms with Crippen molar-refractivity contribution in [3.63, 3.8) is 0 Å². The first kappa shape index (κ1) is 14.6. The van der Waals surface area contributed by atoms with Gasteiger partial charge in [0.05, 0.1) is 13.1 Å². The van der Waals surface area contributed by atoms with Crippen LogP contribution in [0.5, 0.6) is 0 Å². The van der Waals surface area contributed by atoms with Crippen molar-refractivity contribution >= 4 is 41.3 Å². The first-order valence-electron chi connectivity index (χ1n) is 5.48. The average molecular weight is 367 g/mol. The van der Waals surface area contributed by atoms with Crippen LogP contribution in [-0.2, 0) is 6.54 Å². The third-order valence-electron chi connectivity index (χ3n) is 2.43. The molecule has 0 saturated heterocycles. The molecule has 2 heterocycles. The van der Waals surface area contributed by atoms with Crippen LogP contribution in [0.3, 0.4) is 0 Å². The van der Waals surface area contributed by atoms with Gasteiger partial charge in [-0.1, -0.05) is 25.2 Å². The quantitative estimate of drug-likeness (QED) is 0.826. The van der Waals surface area contributed by atoms with Gasteiger partial charge in [0.15, 0.2) is 5.96 Å². The van der Waals surface area contributed by atoms with E-state index in [1.54, 1.807) is 11.3 Å². The van der Waals surface area contributed by atoms with Gasteiger partial charge in [-0.15, -0.1) is 34.2 Å². The summed E-state index contributed by atoms with van der Waals surface area (Å²) in [5.74, 6) is 1.42. The summed E-state index contributed by atoms with van der Waals surface area (Å²) in [7, 11) is 2.04. The van der Waals surface area contributed by atoms with Crippen molar-refractivity contribution < 1.29 is 0 Å². The molecule has 1 aliphatic rings. The van der Waals surface area contributed by atoms with E-state index >= 15 is 0 Å². The summed E-state index contributed by atoms with van der Waals surface area (Å²) >= 11 is 1.67. The molecule has 0 bridgehead atoms. The molecule has 0 fully saturated rings. The van der Waals surface area contributed by atoms with Crippen molar-refractivity contribution in [2.45, 2.75) is 26.3 Å². The van der Waals surface area contributed by atoms with Crippen molar-refractivity contribution in [1.82, 2.24) is 20.4 Å². The highest BCUT2D eigenvalue weighted by molar-refractivity contribution is 14.0. The summed E-state index contributed by atoms with van der Waals surface area (Å²) in [6, 6.07) is 0. The Morgan fingerprint density at radius 2 is 2.18 bits per heavy atom. The van der Waals surface area contributed by atoms with Gasteiger partial charge < -0.3 is 10.2 Å². The second kappa shape index (κ2) is 6.48. The average Bonchev–Trinajstić information content (AvgIpc) is 2.83. The monoisotopic (exact) mass is 367 g/mol. The van der Waals surface area contributed by atoms with Crippen LogP contribution in [0.4, 0.5) is 0 Å². The molecule has 0 aliphatic carbocycles. The topological polar surface area (TPSA) is 53.4 Å². The van der Waals surface area contributed by atoms with Crippen molar-refractivity contribution in [2.75, 3.05) is 20.1 Å². The van der Waals surface area contributed by atoms with Crippen molar-refractivity contribution in [2.24, 2.45) is 4.99 Å². The molecule has 1 aromatic heterocycles. The third kappa shape index (κ3) is 3.77. The van der Waals surface area contributed by atoms with Crippen LogP contribution < -0.4 is 5.32 Å². The lowest BCUT2D eigenvalue weighted by molar-refractivity contribution is 0.533. The molecule has 0 saturated carbocycles. The van der Waals surface area contributed by atoms with E-state index in [9.17, 15) is 0 Å². The number of guanidine groups is 1. The van der Waals surface area contributed by atoms with Gasteiger partial charge in [-0.2, -0.15) is 0 Å². The molecule has 0 aromatic carbocycles. The Bertz CT molecular complexity index is 390. The zero-order valence-electron chi connectivity index (χ0n) is 10.3. The number of rotatable bonds is 3. The zero-order chi connectivity index (χ0) is 11.5. The van der Waals surface area contributed by atoms with Gasteiger partial charge in [-0.05, 0) is 0 Å². The molecule has 7 heteroatoms. The molecular weight excluding hydrogens is 349 g/mol. The van der Waals surface area contributed by atoms with Crippen molar-refractivity contribution in [3.8, 4) is 0 Å². The van der Waals surface area contributed by atoms with E-state index in [1.165, 1.54) is 0 Å². The molecule has 0 amide bonds. The molecule has 17 heavy (non-hydrogen) atoms. The van der Waals surface area contributed by atoms with Gasteiger partial charge in [0.2, 0.25) is 0 Å². The minimum atomic E-state index is 0. The Hall–Kier alpha value is -0.440. The lowest BCUT2D eigenvalue weighted by atomic mass is 10.2. The molecule has 2 rings (SSSR count). The van der Waals surface area contributed by atoms with E-state index in [0.717, 1.165) is 29.1 Å². The second-order valence-electron chi connectivity index (χ2n) is 4.17. The number of aromatic nitrogens is 2. The lowest BCUT2D eigenvalue weighted by Gasteiger charge is -2.13. The summed E-state index contributed by atoms with van der Waals surface area (Å²) in [5.41, 5.74) is 0. The van der Waals surface area contributed by atoms with Crippen LogP contribution in [0.1, 0.15) is 29.8 Å². The second-order valence-corrected chi connectivity index (χ2v) is 5.26. The molecular formula is C10H18IN5S. The highest BCUT2D eigenvalue weighted by Gasteiger charge is 2.13. The number of nitrogens with one attached hydrogen (secondary N) is 1. The van der Waals surface area contributed by atoms with Gasteiger partial charge >= 0.3 is 0 Å². The number of likely N-dealkylation sites (N-methyl/N-ethyl adjacent to an activating group) is 1. The number of aliphatic imine (C=N–C) groups is 1. The summed E-state index contributed by atoms with van der Waals surface area (Å²) in [4.78, 5) is 6.48. The number of halogens is 1. The Kier molecular flexibility index (Phi) is 5.57. The third-order valence-corrected chi connectivity index (χ3v) is 3.66. The maximum atomic E-state index is 4.36. The molecule has 96 valence electrons. The van der Waals surface area contributed by atoms with E-state index in [1.807, 2.05) is 7.05 Å². The number of hydrogen-bond donors (Lipinski definition) is 1. The summed E-state index contributed by atoms with van der Waals surface area (Å²) in [6.07, 6.45) is 0. The highest BCUT2D eigenvalue weighted by atomic mass is 127. The predicted octanol–water partition coefficient (Wildman–Crippen LogP) is 1.67. The van der Waals surface area contributed by atoms with Gasteiger partial charge in [-0.25, -0.2) is 0 Å². The molecule has 1 N–H and O–H groups in total. The van der Waals surface area contributed by atoms with Gasteiger partial charge in [0, 0.05) is 19.5 Å². The minimum absolute atomic E-state index is 0. The van der Waals surface area contributed by atoms with Crippen LogP contribution in [0.15, 0.2) is 4.99 Å². The largest absolute Gasteiger partial charge is 0.350 e. The van der Waals surface area contributed by atoms with E-state index < -0.39 is 0 Å². The first-order valence-corrected chi connectivity index (χ1v) is 6.30. The Labute approximate surface area is 123 Å². The molecule has 0 unspecified atom stereocenters. The number of hydrogen-bond acceptors (Lipinski definition) is 6. The maximum absolute atomic E-state index is 4.36. The van der Waals surface area contributed by atoms with Gasteiger partial charge in [0.25, 0.3) is 0 Å². The molecule has 0 radical (unpaired) electrons. The van der Waals surface area contributed by atoms with Crippen LogP contribution in [0.2, 0.25) is 0 Å². The normalized spacial score (nSPS) is 14.8. The zero-order valence-corrected chi connectivity index (χ0v) is 13.5. The maximum Gasteiger partial charge on any atom is 0.194 e. The van der Waals surface area contributed by atoms with Crippen LogP contribution in [0, 0.1) is 0 Å². The van der Waals surface area contributed by atoms with E-state index in [0.29, 0.717) is 12.5 Å². The molecule has 1 aromatic rings. The number of nitrogens with zero attached hydrogens (tertiary/aromatic N) is 4. The predicted molar refractivity (Wildman–Crippen MR) is 81.2 cm³/mol. The molecule has 0 atom stereocenters. The fraction of sp³-hybridized carbons (Fsp3) is 0.700. The molecule has 5 nitrogen and oxygen atoms in total. The highest BCUT2D eigenvalue weighted by Crippen LogP contribution is 2.18. The van der Waals surface area contributed by atoms with Crippen LogP contribution in [-0.4, -0.2) is 41.2 Å². The summed E-state index contributed by atoms with van der Waals surface area (Å²) < 4.78 is 0.